The molecule has 0 amide bonds. The summed E-state index contributed by atoms with van der Waals surface area (Å²) in [5.41, 5.74) is 9.48. The summed E-state index contributed by atoms with van der Waals surface area (Å²) in [7, 11) is 1.98. The molecule has 2 aromatic heterocycles. The molecule has 0 saturated heterocycles. The van der Waals surface area contributed by atoms with Gasteiger partial charge in [0.15, 0.2) is 5.82 Å². The first-order valence-corrected chi connectivity index (χ1v) is 6.88. The predicted octanol–water partition coefficient (Wildman–Crippen LogP) is 3.12. The van der Waals surface area contributed by atoms with E-state index in [4.69, 9.17) is 17.3 Å². The van der Waals surface area contributed by atoms with Crippen molar-refractivity contribution in [2.75, 3.05) is 5.73 Å². The van der Waals surface area contributed by atoms with Gasteiger partial charge >= 0.3 is 0 Å². The standard InChI is InChI=1S/C15H12ClN5/c1-20-12-4-2-3-5-13(12)21-14(18-19-15(20)21)9-6-7-10(16)11(17)8-9/h2-8H,17H2,1H3. The van der Waals surface area contributed by atoms with Crippen LogP contribution in [0.25, 0.3) is 28.2 Å². The van der Waals surface area contributed by atoms with Crippen LogP contribution in [0.5, 0.6) is 0 Å². The molecular formula is C15H12ClN5. The third-order valence-electron chi connectivity index (χ3n) is 3.68. The van der Waals surface area contributed by atoms with Gasteiger partial charge in [0.1, 0.15) is 0 Å². The maximum absolute atomic E-state index is 5.99. The SMILES string of the molecule is Cn1c2ccccc2n2c(-c3ccc(Cl)c(N)c3)nnc12. The second-order valence-electron chi connectivity index (χ2n) is 4.94. The summed E-state index contributed by atoms with van der Waals surface area (Å²) in [6, 6.07) is 13.6. The number of hydrogen-bond acceptors (Lipinski definition) is 3. The van der Waals surface area contributed by atoms with Crippen molar-refractivity contribution in [3.63, 3.8) is 0 Å². The van der Waals surface area contributed by atoms with Gasteiger partial charge in [-0.05, 0) is 30.3 Å². The number of nitrogen functional groups attached to an aromatic ring is 1. The Labute approximate surface area is 125 Å². The fourth-order valence-electron chi connectivity index (χ4n) is 2.63. The molecule has 0 spiro atoms. The van der Waals surface area contributed by atoms with Crippen LogP contribution >= 0.6 is 11.6 Å². The fraction of sp³-hybridized carbons (Fsp3) is 0.0667. The van der Waals surface area contributed by atoms with Gasteiger partial charge in [-0.25, -0.2) is 0 Å². The number of nitrogens with zero attached hydrogens (tertiary/aromatic N) is 4. The quantitative estimate of drug-likeness (QED) is 0.549. The van der Waals surface area contributed by atoms with Gasteiger partial charge in [-0.15, -0.1) is 10.2 Å². The number of imidazole rings is 1. The highest BCUT2D eigenvalue weighted by molar-refractivity contribution is 6.33. The average Bonchev–Trinajstić information content (AvgIpc) is 3.04. The third kappa shape index (κ3) is 1.64. The lowest BCUT2D eigenvalue weighted by molar-refractivity contribution is 0.954. The van der Waals surface area contributed by atoms with Crippen molar-refractivity contribution in [2.24, 2.45) is 7.05 Å². The van der Waals surface area contributed by atoms with Crippen LogP contribution in [0.15, 0.2) is 42.5 Å². The number of anilines is 1. The Balaban J connectivity index is 2.10. The highest BCUT2D eigenvalue weighted by atomic mass is 35.5. The Morgan fingerprint density at radius 2 is 1.81 bits per heavy atom. The monoisotopic (exact) mass is 297 g/mol. The van der Waals surface area contributed by atoms with E-state index in [2.05, 4.69) is 22.3 Å². The van der Waals surface area contributed by atoms with Gasteiger partial charge in [0.05, 0.1) is 21.7 Å². The van der Waals surface area contributed by atoms with Crippen LogP contribution in [0.3, 0.4) is 0 Å². The number of aryl methyl sites for hydroxylation is 1. The van der Waals surface area contributed by atoms with Gasteiger partial charge in [-0.3, -0.25) is 4.40 Å². The summed E-state index contributed by atoms with van der Waals surface area (Å²) in [5, 5.41) is 9.13. The first-order valence-electron chi connectivity index (χ1n) is 6.51. The first kappa shape index (κ1) is 12.2. The topological polar surface area (TPSA) is 61.1 Å². The molecule has 0 aliphatic rings. The largest absolute Gasteiger partial charge is 0.398 e. The van der Waals surface area contributed by atoms with E-state index in [1.165, 1.54) is 0 Å². The van der Waals surface area contributed by atoms with Crippen molar-refractivity contribution in [1.29, 1.82) is 0 Å². The van der Waals surface area contributed by atoms with Gasteiger partial charge in [-0.1, -0.05) is 23.7 Å². The molecule has 2 N–H and O–H groups in total. The number of rotatable bonds is 1. The average molecular weight is 298 g/mol. The zero-order valence-electron chi connectivity index (χ0n) is 11.3. The molecule has 104 valence electrons. The molecule has 0 saturated carbocycles. The zero-order chi connectivity index (χ0) is 14.6. The van der Waals surface area contributed by atoms with Gasteiger partial charge in [0.25, 0.3) is 0 Å². The molecule has 0 aliphatic heterocycles. The second kappa shape index (κ2) is 4.23. The van der Waals surface area contributed by atoms with Gasteiger partial charge < -0.3 is 10.3 Å². The van der Waals surface area contributed by atoms with Crippen LogP contribution in [0.2, 0.25) is 5.02 Å². The highest BCUT2D eigenvalue weighted by Crippen LogP contribution is 2.28. The molecule has 5 nitrogen and oxygen atoms in total. The Morgan fingerprint density at radius 1 is 1.05 bits per heavy atom. The second-order valence-corrected chi connectivity index (χ2v) is 5.35. The number of aromatic nitrogens is 4. The number of fused-ring (bicyclic) bond motifs is 3. The van der Waals surface area contributed by atoms with Crippen molar-refractivity contribution >= 4 is 34.1 Å². The summed E-state index contributed by atoms with van der Waals surface area (Å²) in [6.45, 7) is 0. The molecule has 2 aromatic carbocycles. The lowest BCUT2D eigenvalue weighted by atomic mass is 10.2. The maximum Gasteiger partial charge on any atom is 0.236 e. The van der Waals surface area contributed by atoms with Gasteiger partial charge in [0, 0.05) is 12.6 Å². The first-order chi connectivity index (χ1) is 10.2. The number of para-hydroxylation sites is 2. The summed E-state index contributed by atoms with van der Waals surface area (Å²) in [5.74, 6) is 1.55. The Morgan fingerprint density at radius 3 is 2.57 bits per heavy atom. The van der Waals surface area contributed by atoms with Crippen LogP contribution in [0.4, 0.5) is 5.69 Å². The molecule has 6 heteroatoms. The molecule has 4 rings (SSSR count). The van der Waals surface area contributed by atoms with Crippen LogP contribution in [-0.2, 0) is 7.05 Å². The summed E-state index contributed by atoms with van der Waals surface area (Å²) < 4.78 is 4.04. The highest BCUT2D eigenvalue weighted by Gasteiger charge is 2.16. The number of hydrogen-bond donors (Lipinski definition) is 1. The van der Waals surface area contributed by atoms with Crippen molar-refractivity contribution < 1.29 is 0 Å². The third-order valence-corrected chi connectivity index (χ3v) is 4.03. The predicted molar refractivity (Wildman–Crippen MR) is 84.3 cm³/mol. The Hall–Kier alpha value is -2.53. The lowest BCUT2D eigenvalue weighted by Gasteiger charge is -2.02. The molecule has 2 heterocycles. The molecule has 0 atom stereocenters. The summed E-state index contributed by atoms with van der Waals surface area (Å²) in [6.07, 6.45) is 0. The van der Waals surface area contributed by atoms with Crippen molar-refractivity contribution in [2.45, 2.75) is 0 Å². The van der Waals surface area contributed by atoms with E-state index in [1.807, 2.05) is 40.3 Å². The maximum atomic E-state index is 5.99. The minimum atomic E-state index is 0.533. The van der Waals surface area contributed by atoms with Crippen molar-refractivity contribution in [3.05, 3.63) is 47.5 Å². The molecule has 0 fully saturated rings. The molecule has 21 heavy (non-hydrogen) atoms. The molecule has 0 unspecified atom stereocenters. The fourth-order valence-corrected chi connectivity index (χ4v) is 2.75. The van der Waals surface area contributed by atoms with Crippen LogP contribution in [0, 0.1) is 0 Å². The van der Waals surface area contributed by atoms with Crippen molar-refractivity contribution in [1.82, 2.24) is 19.2 Å². The van der Waals surface area contributed by atoms with Gasteiger partial charge in [0.2, 0.25) is 5.78 Å². The minimum absolute atomic E-state index is 0.533. The Kier molecular flexibility index (Phi) is 2.46. The Bertz CT molecular complexity index is 982. The van der Waals surface area contributed by atoms with Crippen LogP contribution in [-0.4, -0.2) is 19.2 Å². The molecule has 0 bridgehead atoms. The van der Waals surface area contributed by atoms with E-state index < -0.39 is 0 Å². The van der Waals surface area contributed by atoms with E-state index >= 15 is 0 Å². The minimum Gasteiger partial charge on any atom is -0.398 e. The summed E-state index contributed by atoms with van der Waals surface area (Å²) >= 11 is 5.99. The van der Waals surface area contributed by atoms with Crippen molar-refractivity contribution in [3.8, 4) is 11.4 Å². The van der Waals surface area contributed by atoms with Crippen LogP contribution in [0.1, 0.15) is 0 Å². The number of nitrogens with two attached hydrogens (primary N) is 1. The molecular weight excluding hydrogens is 286 g/mol. The smallest absolute Gasteiger partial charge is 0.236 e. The van der Waals surface area contributed by atoms with E-state index in [9.17, 15) is 0 Å². The summed E-state index contributed by atoms with van der Waals surface area (Å²) in [4.78, 5) is 0. The van der Waals surface area contributed by atoms with E-state index in [1.54, 1.807) is 6.07 Å². The molecule has 0 radical (unpaired) electrons. The molecule has 0 aliphatic carbocycles. The zero-order valence-corrected chi connectivity index (χ0v) is 12.0. The van der Waals surface area contributed by atoms with Gasteiger partial charge in [-0.2, -0.15) is 0 Å². The normalized spacial score (nSPS) is 11.5. The number of benzene rings is 2. The van der Waals surface area contributed by atoms with Crippen LogP contribution < -0.4 is 5.73 Å². The van der Waals surface area contributed by atoms with E-state index in [0.29, 0.717) is 10.7 Å². The number of halogens is 1. The van der Waals surface area contributed by atoms with E-state index in [-0.39, 0.29) is 0 Å². The molecule has 4 aromatic rings. The lowest BCUT2D eigenvalue weighted by Crippen LogP contribution is -1.91. The van der Waals surface area contributed by atoms with E-state index in [0.717, 1.165) is 28.2 Å².